The van der Waals surface area contributed by atoms with Crippen LogP contribution in [0.3, 0.4) is 0 Å². The van der Waals surface area contributed by atoms with Gasteiger partial charge in [0.15, 0.2) is 0 Å². The molecule has 0 spiro atoms. The number of aryl methyl sites for hydroxylation is 1. The summed E-state index contributed by atoms with van der Waals surface area (Å²) in [5, 5.41) is 2.85. The first-order valence-electron chi connectivity index (χ1n) is 9.66. The maximum absolute atomic E-state index is 12.4. The molecule has 2 heterocycles. The van der Waals surface area contributed by atoms with Crippen molar-refractivity contribution in [2.24, 2.45) is 0 Å². The molecule has 0 radical (unpaired) electrons. The number of hydrogen-bond acceptors (Lipinski definition) is 4. The molecule has 2 amide bonds. The molecule has 1 fully saturated rings. The van der Waals surface area contributed by atoms with E-state index >= 15 is 0 Å². The van der Waals surface area contributed by atoms with E-state index < -0.39 is 10.0 Å². The molecule has 0 saturated carbocycles. The van der Waals surface area contributed by atoms with Gasteiger partial charge in [0, 0.05) is 44.3 Å². The normalized spacial score (nSPS) is 15.2. The van der Waals surface area contributed by atoms with Crippen LogP contribution in [-0.2, 0) is 16.6 Å². The van der Waals surface area contributed by atoms with Crippen molar-refractivity contribution in [1.82, 2.24) is 19.2 Å². The fourth-order valence-electron chi connectivity index (χ4n) is 3.16. The fourth-order valence-corrected chi connectivity index (χ4v) is 4.24. The Kier molecular flexibility index (Phi) is 7.05. The Morgan fingerprint density at radius 2 is 1.79 bits per heavy atom. The summed E-state index contributed by atoms with van der Waals surface area (Å²) >= 11 is 0. The predicted octanol–water partition coefficient (Wildman–Crippen LogP) is 2.66. The number of sulfonamides is 1. The number of aromatic nitrogens is 2. The van der Waals surface area contributed by atoms with Gasteiger partial charge in [0.1, 0.15) is 0 Å². The fraction of sp³-hybridized carbons (Fsp3) is 0.474. The van der Waals surface area contributed by atoms with E-state index in [0.29, 0.717) is 25.2 Å². The zero-order valence-electron chi connectivity index (χ0n) is 15.9. The van der Waals surface area contributed by atoms with Crippen LogP contribution in [0.1, 0.15) is 32.1 Å². The summed E-state index contributed by atoms with van der Waals surface area (Å²) in [5.74, 6) is 0. The van der Waals surface area contributed by atoms with Crippen LogP contribution in [0.25, 0.3) is 0 Å². The minimum atomic E-state index is -3.57. The second-order valence-corrected chi connectivity index (χ2v) is 8.67. The summed E-state index contributed by atoms with van der Waals surface area (Å²) in [5.41, 5.74) is 0.591. The molecule has 1 aliphatic rings. The number of imidazole rings is 1. The lowest BCUT2D eigenvalue weighted by molar-refractivity contribution is 0.214. The van der Waals surface area contributed by atoms with E-state index in [1.165, 1.54) is 12.1 Å². The van der Waals surface area contributed by atoms with Gasteiger partial charge in [-0.1, -0.05) is 12.8 Å². The van der Waals surface area contributed by atoms with E-state index in [9.17, 15) is 13.2 Å². The maximum Gasteiger partial charge on any atom is 0.321 e. The highest BCUT2D eigenvalue weighted by Crippen LogP contribution is 2.16. The third kappa shape index (κ3) is 5.80. The molecule has 0 unspecified atom stereocenters. The molecule has 8 nitrogen and oxygen atoms in total. The monoisotopic (exact) mass is 405 g/mol. The summed E-state index contributed by atoms with van der Waals surface area (Å²) in [6, 6.07) is 6.13. The molecule has 28 heavy (non-hydrogen) atoms. The summed E-state index contributed by atoms with van der Waals surface area (Å²) < 4.78 is 29.3. The van der Waals surface area contributed by atoms with Crippen LogP contribution in [0.15, 0.2) is 47.9 Å². The Morgan fingerprint density at radius 1 is 1.07 bits per heavy atom. The minimum absolute atomic E-state index is 0.130. The number of carbonyl (C=O) groups excluding carboxylic acids is 1. The van der Waals surface area contributed by atoms with Crippen molar-refractivity contribution in [3.63, 3.8) is 0 Å². The van der Waals surface area contributed by atoms with Gasteiger partial charge in [0.25, 0.3) is 0 Å². The zero-order valence-corrected chi connectivity index (χ0v) is 16.7. The molecule has 0 aliphatic carbocycles. The second kappa shape index (κ2) is 9.70. The molecule has 0 atom stereocenters. The van der Waals surface area contributed by atoms with Crippen molar-refractivity contribution < 1.29 is 13.2 Å². The zero-order chi connectivity index (χ0) is 19.8. The van der Waals surface area contributed by atoms with Gasteiger partial charge in [-0.2, -0.15) is 0 Å². The Hall–Kier alpha value is -2.39. The number of nitrogens with one attached hydrogen (secondary N) is 2. The molecule has 9 heteroatoms. The number of benzene rings is 1. The van der Waals surface area contributed by atoms with Gasteiger partial charge in [-0.15, -0.1) is 0 Å². The number of anilines is 1. The average molecular weight is 406 g/mol. The quantitative estimate of drug-likeness (QED) is 0.692. The molecule has 3 rings (SSSR count). The van der Waals surface area contributed by atoms with Crippen LogP contribution >= 0.6 is 0 Å². The third-order valence-electron chi connectivity index (χ3n) is 4.75. The minimum Gasteiger partial charge on any atom is -0.337 e. The number of nitrogens with zero attached hydrogens (tertiary/aromatic N) is 3. The van der Waals surface area contributed by atoms with Crippen molar-refractivity contribution >= 4 is 21.7 Å². The molecule has 0 bridgehead atoms. The van der Waals surface area contributed by atoms with Gasteiger partial charge >= 0.3 is 6.03 Å². The van der Waals surface area contributed by atoms with Crippen molar-refractivity contribution in [2.75, 3.05) is 25.0 Å². The molecule has 2 N–H and O–H groups in total. The highest BCUT2D eigenvalue weighted by atomic mass is 32.2. The van der Waals surface area contributed by atoms with E-state index in [0.717, 1.165) is 38.8 Å². The van der Waals surface area contributed by atoms with E-state index in [4.69, 9.17) is 0 Å². The standard InChI is InChI=1S/C19H27N5O3S/c25-19(24-13-3-1-2-4-14-24)22-17-6-8-18(9-7-17)28(26,27)21-10-5-12-23-15-11-20-16-23/h6-9,11,15-16,21H,1-5,10,12-14H2,(H,22,25). The Bertz CT molecular complexity index is 842. The van der Waals surface area contributed by atoms with E-state index in [1.54, 1.807) is 24.7 Å². The summed E-state index contributed by atoms with van der Waals surface area (Å²) in [6.07, 6.45) is 10.3. The molecule has 2 aromatic rings. The van der Waals surface area contributed by atoms with Gasteiger partial charge in [0.05, 0.1) is 11.2 Å². The van der Waals surface area contributed by atoms with Crippen LogP contribution in [0.5, 0.6) is 0 Å². The Labute approximate surface area is 166 Å². The number of carbonyl (C=O) groups is 1. The third-order valence-corrected chi connectivity index (χ3v) is 6.23. The van der Waals surface area contributed by atoms with Crippen LogP contribution in [-0.4, -0.2) is 48.5 Å². The summed E-state index contributed by atoms with van der Waals surface area (Å²) in [7, 11) is -3.57. The first kappa shape index (κ1) is 20.3. The number of likely N-dealkylation sites (tertiary alicyclic amines) is 1. The van der Waals surface area contributed by atoms with Gasteiger partial charge in [-0.05, 0) is 43.5 Å². The lowest BCUT2D eigenvalue weighted by Gasteiger charge is -2.20. The predicted molar refractivity (Wildman–Crippen MR) is 108 cm³/mol. The SMILES string of the molecule is O=C(Nc1ccc(S(=O)(=O)NCCCn2ccnc2)cc1)N1CCCCCC1. The van der Waals surface area contributed by atoms with Crippen LogP contribution in [0, 0.1) is 0 Å². The number of urea groups is 1. The van der Waals surface area contributed by atoms with Gasteiger partial charge in [0.2, 0.25) is 10.0 Å². The molecule has 1 saturated heterocycles. The maximum atomic E-state index is 12.4. The van der Waals surface area contributed by atoms with Gasteiger partial charge in [-0.3, -0.25) is 0 Å². The summed E-state index contributed by atoms with van der Waals surface area (Å²) in [6.45, 7) is 2.57. The van der Waals surface area contributed by atoms with Crippen molar-refractivity contribution in [3.8, 4) is 0 Å². The molecular formula is C19H27N5O3S. The molecule has 152 valence electrons. The summed E-state index contributed by atoms with van der Waals surface area (Å²) in [4.78, 5) is 18.3. The second-order valence-electron chi connectivity index (χ2n) is 6.91. The lowest BCUT2D eigenvalue weighted by atomic mass is 10.2. The molecular weight excluding hydrogens is 378 g/mol. The first-order chi connectivity index (χ1) is 13.5. The molecule has 1 aliphatic heterocycles. The van der Waals surface area contributed by atoms with Crippen molar-refractivity contribution in [3.05, 3.63) is 43.0 Å². The van der Waals surface area contributed by atoms with E-state index in [1.807, 2.05) is 15.7 Å². The molecule has 1 aromatic carbocycles. The number of amides is 2. The van der Waals surface area contributed by atoms with Crippen LogP contribution < -0.4 is 10.0 Å². The van der Waals surface area contributed by atoms with Gasteiger partial charge < -0.3 is 14.8 Å². The van der Waals surface area contributed by atoms with E-state index in [-0.39, 0.29) is 10.9 Å². The number of hydrogen-bond donors (Lipinski definition) is 2. The number of rotatable bonds is 7. The lowest BCUT2D eigenvalue weighted by Crippen LogP contribution is -2.35. The van der Waals surface area contributed by atoms with Crippen LogP contribution in [0.4, 0.5) is 10.5 Å². The topological polar surface area (TPSA) is 96.3 Å². The van der Waals surface area contributed by atoms with E-state index in [2.05, 4.69) is 15.0 Å². The average Bonchev–Trinajstić information content (AvgIpc) is 3.05. The molecule has 1 aromatic heterocycles. The largest absolute Gasteiger partial charge is 0.337 e. The Balaban J connectivity index is 1.50. The smallest absolute Gasteiger partial charge is 0.321 e. The van der Waals surface area contributed by atoms with Crippen LogP contribution in [0.2, 0.25) is 0 Å². The highest BCUT2D eigenvalue weighted by molar-refractivity contribution is 7.89. The van der Waals surface area contributed by atoms with Gasteiger partial charge in [-0.25, -0.2) is 22.9 Å². The first-order valence-corrected chi connectivity index (χ1v) is 11.1. The highest BCUT2D eigenvalue weighted by Gasteiger charge is 2.17. The Morgan fingerprint density at radius 3 is 2.43 bits per heavy atom. The van der Waals surface area contributed by atoms with Crippen molar-refractivity contribution in [2.45, 2.75) is 43.5 Å². The van der Waals surface area contributed by atoms with Crippen molar-refractivity contribution in [1.29, 1.82) is 0 Å².